The molecule has 64 valence electrons. The first-order valence-electron chi connectivity index (χ1n) is 4.43. The Morgan fingerprint density at radius 1 is 1.18 bits per heavy atom. The Hall–Kier alpha value is -0.400. The predicted molar refractivity (Wildman–Crippen MR) is 42.2 cm³/mol. The van der Waals surface area contributed by atoms with E-state index in [1.165, 1.54) is 12.8 Å². The molecule has 0 aromatic heterocycles. The van der Waals surface area contributed by atoms with Gasteiger partial charge in [-0.2, -0.15) is 0 Å². The number of rotatable bonds is 2. The second-order valence-corrected chi connectivity index (χ2v) is 3.29. The number of halogens is 1. The van der Waals surface area contributed by atoms with Gasteiger partial charge in [-0.05, 0) is 12.8 Å². The minimum absolute atomic E-state index is 0.0440. The van der Waals surface area contributed by atoms with E-state index in [2.05, 4.69) is 0 Å². The van der Waals surface area contributed by atoms with Gasteiger partial charge < -0.3 is 0 Å². The Morgan fingerprint density at radius 2 is 1.73 bits per heavy atom. The molecule has 0 aromatic carbocycles. The van der Waals surface area contributed by atoms with Gasteiger partial charge in [0.15, 0.2) is 5.78 Å². The standard InChI is InChI=1S/C9H15FO/c10-7-9(11)8-5-3-1-2-4-6-8/h8H,1-7H2. The third-order valence-electron chi connectivity index (χ3n) is 2.44. The fourth-order valence-corrected chi connectivity index (χ4v) is 1.71. The Morgan fingerprint density at radius 3 is 2.18 bits per heavy atom. The topological polar surface area (TPSA) is 17.1 Å². The van der Waals surface area contributed by atoms with Gasteiger partial charge in [-0.3, -0.25) is 4.79 Å². The smallest absolute Gasteiger partial charge is 0.166 e. The summed E-state index contributed by atoms with van der Waals surface area (Å²) in [5.74, 6) is -0.130. The molecule has 1 saturated carbocycles. The quantitative estimate of drug-likeness (QED) is 0.564. The first-order valence-corrected chi connectivity index (χ1v) is 4.43. The fourth-order valence-electron chi connectivity index (χ4n) is 1.71. The van der Waals surface area contributed by atoms with Crippen LogP contribution in [0.4, 0.5) is 4.39 Å². The zero-order chi connectivity index (χ0) is 8.10. The van der Waals surface area contributed by atoms with Crippen molar-refractivity contribution in [3.8, 4) is 0 Å². The van der Waals surface area contributed by atoms with E-state index in [1.807, 2.05) is 0 Å². The average Bonchev–Trinajstić information content (AvgIpc) is 2.30. The molecule has 0 N–H and O–H groups in total. The Kier molecular flexibility index (Phi) is 3.53. The summed E-state index contributed by atoms with van der Waals surface area (Å²) < 4.78 is 12.0. The van der Waals surface area contributed by atoms with Crippen molar-refractivity contribution < 1.29 is 9.18 Å². The Bertz CT molecular complexity index is 126. The molecule has 0 bridgehead atoms. The molecule has 0 atom stereocenters. The van der Waals surface area contributed by atoms with Crippen molar-refractivity contribution in [3.05, 3.63) is 0 Å². The maximum absolute atomic E-state index is 12.0. The van der Waals surface area contributed by atoms with Crippen molar-refractivity contribution in [2.24, 2.45) is 5.92 Å². The normalized spacial score (nSPS) is 21.2. The number of ketones is 1. The summed E-state index contributed by atoms with van der Waals surface area (Å²) in [6.45, 7) is -0.759. The first-order chi connectivity index (χ1) is 5.34. The number of Topliss-reactive ketones (excluding diaryl/α,β-unsaturated/α-hetero) is 1. The van der Waals surface area contributed by atoms with Crippen molar-refractivity contribution in [2.45, 2.75) is 38.5 Å². The van der Waals surface area contributed by atoms with Crippen LogP contribution in [0.1, 0.15) is 38.5 Å². The molecule has 1 nitrogen and oxygen atoms in total. The molecule has 1 aliphatic carbocycles. The van der Waals surface area contributed by atoms with Crippen LogP contribution in [-0.2, 0) is 4.79 Å². The van der Waals surface area contributed by atoms with Gasteiger partial charge in [0.2, 0.25) is 0 Å². The van der Waals surface area contributed by atoms with Gasteiger partial charge in [-0.25, -0.2) is 4.39 Å². The van der Waals surface area contributed by atoms with Gasteiger partial charge in [-0.15, -0.1) is 0 Å². The third-order valence-corrected chi connectivity index (χ3v) is 2.44. The molecular formula is C9H15FO. The molecule has 0 aliphatic heterocycles. The van der Waals surface area contributed by atoms with E-state index in [9.17, 15) is 9.18 Å². The van der Waals surface area contributed by atoms with E-state index in [-0.39, 0.29) is 11.7 Å². The highest BCUT2D eigenvalue weighted by atomic mass is 19.1. The average molecular weight is 158 g/mol. The summed E-state index contributed by atoms with van der Waals surface area (Å²) in [6.07, 6.45) is 6.49. The van der Waals surface area contributed by atoms with Gasteiger partial charge in [0.1, 0.15) is 6.67 Å². The van der Waals surface area contributed by atoms with E-state index in [0.717, 1.165) is 25.7 Å². The lowest BCUT2D eigenvalue weighted by Crippen LogP contribution is -2.15. The summed E-state index contributed by atoms with van der Waals surface area (Å²) in [7, 11) is 0. The minimum Gasteiger partial charge on any atom is -0.296 e. The number of hydrogen-bond donors (Lipinski definition) is 0. The van der Waals surface area contributed by atoms with Crippen LogP contribution in [0.2, 0.25) is 0 Å². The molecule has 0 aromatic rings. The minimum atomic E-state index is -0.759. The van der Waals surface area contributed by atoms with Crippen molar-refractivity contribution in [1.82, 2.24) is 0 Å². The zero-order valence-corrected chi connectivity index (χ0v) is 6.81. The number of carbonyl (C=O) groups excluding carboxylic acids is 1. The van der Waals surface area contributed by atoms with E-state index >= 15 is 0 Å². The van der Waals surface area contributed by atoms with Crippen molar-refractivity contribution in [2.75, 3.05) is 6.67 Å². The lowest BCUT2D eigenvalue weighted by Gasteiger charge is -2.08. The highest BCUT2D eigenvalue weighted by Gasteiger charge is 2.18. The predicted octanol–water partition coefficient (Wildman–Crippen LogP) is 2.50. The molecule has 0 spiro atoms. The van der Waals surface area contributed by atoms with Crippen LogP contribution in [-0.4, -0.2) is 12.5 Å². The van der Waals surface area contributed by atoms with Crippen LogP contribution in [0.15, 0.2) is 0 Å². The lowest BCUT2D eigenvalue weighted by atomic mass is 9.96. The summed E-state index contributed by atoms with van der Waals surface area (Å²) in [4.78, 5) is 10.9. The van der Waals surface area contributed by atoms with Gasteiger partial charge in [0.25, 0.3) is 0 Å². The van der Waals surface area contributed by atoms with Gasteiger partial charge in [-0.1, -0.05) is 25.7 Å². The molecule has 0 amide bonds. The molecule has 1 aliphatic rings. The van der Waals surface area contributed by atoms with E-state index in [1.54, 1.807) is 0 Å². The zero-order valence-electron chi connectivity index (χ0n) is 6.81. The molecule has 0 radical (unpaired) electrons. The number of alkyl halides is 1. The molecular weight excluding hydrogens is 143 g/mol. The molecule has 2 heteroatoms. The van der Waals surface area contributed by atoms with Crippen molar-refractivity contribution >= 4 is 5.78 Å². The van der Waals surface area contributed by atoms with E-state index in [4.69, 9.17) is 0 Å². The van der Waals surface area contributed by atoms with E-state index in [0.29, 0.717) is 0 Å². The maximum Gasteiger partial charge on any atom is 0.166 e. The van der Waals surface area contributed by atoms with Crippen molar-refractivity contribution in [3.63, 3.8) is 0 Å². The van der Waals surface area contributed by atoms with Crippen LogP contribution >= 0.6 is 0 Å². The Labute approximate surface area is 67.0 Å². The number of carbonyl (C=O) groups is 1. The molecule has 0 saturated heterocycles. The van der Waals surface area contributed by atoms with Gasteiger partial charge >= 0.3 is 0 Å². The van der Waals surface area contributed by atoms with Crippen LogP contribution in [0.3, 0.4) is 0 Å². The fraction of sp³-hybridized carbons (Fsp3) is 0.889. The molecule has 1 fully saturated rings. The van der Waals surface area contributed by atoms with Crippen LogP contribution < -0.4 is 0 Å². The van der Waals surface area contributed by atoms with Crippen LogP contribution in [0.5, 0.6) is 0 Å². The largest absolute Gasteiger partial charge is 0.296 e. The second-order valence-electron chi connectivity index (χ2n) is 3.29. The number of hydrogen-bond acceptors (Lipinski definition) is 1. The van der Waals surface area contributed by atoms with Crippen molar-refractivity contribution in [1.29, 1.82) is 0 Å². The van der Waals surface area contributed by atoms with Crippen LogP contribution in [0, 0.1) is 5.92 Å². The lowest BCUT2D eigenvalue weighted by molar-refractivity contribution is -0.124. The Balaban J connectivity index is 2.36. The SMILES string of the molecule is O=C(CF)C1CCCCCC1. The molecule has 0 unspecified atom stereocenters. The maximum atomic E-state index is 12.0. The molecule has 0 heterocycles. The molecule has 11 heavy (non-hydrogen) atoms. The summed E-state index contributed by atoms with van der Waals surface area (Å²) in [6, 6.07) is 0. The summed E-state index contributed by atoms with van der Waals surface area (Å²) >= 11 is 0. The monoisotopic (exact) mass is 158 g/mol. The second kappa shape index (κ2) is 4.47. The first kappa shape index (κ1) is 8.69. The summed E-state index contributed by atoms with van der Waals surface area (Å²) in [5.41, 5.74) is 0. The third kappa shape index (κ3) is 2.60. The molecule has 1 rings (SSSR count). The van der Waals surface area contributed by atoms with Gasteiger partial charge in [0.05, 0.1) is 0 Å². The van der Waals surface area contributed by atoms with E-state index < -0.39 is 6.67 Å². The highest BCUT2D eigenvalue weighted by molar-refractivity contribution is 5.82. The highest BCUT2D eigenvalue weighted by Crippen LogP contribution is 2.23. The van der Waals surface area contributed by atoms with Crippen LogP contribution in [0.25, 0.3) is 0 Å². The van der Waals surface area contributed by atoms with Gasteiger partial charge in [0, 0.05) is 5.92 Å². The summed E-state index contributed by atoms with van der Waals surface area (Å²) in [5, 5.41) is 0.